The van der Waals surface area contributed by atoms with Crippen molar-refractivity contribution in [2.45, 2.75) is 76.0 Å². The van der Waals surface area contributed by atoms with Gasteiger partial charge in [-0.15, -0.1) is 0 Å². The highest BCUT2D eigenvalue weighted by atomic mass is 35.5. The summed E-state index contributed by atoms with van der Waals surface area (Å²) in [4.78, 5) is 27.7. The van der Waals surface area contributed by atoms with Crippen LogP contribution in [-0.4, -0.2) is 62.5 Å². The zero-order valence-electron chi connectivity index (χ0n) is 19.2. The van der Waals surface area contributed by atoms with Crippen LogP contribution in [0.1, 0.15) is 53.4 Å². The van der Waals surface area contributed by atoms with Gasteiger partial charge in [-0.3, -0.25) is 9.59 Å². The second-order valence-corrected chi connectivity index (χ2v) is 11.2. The quantitative estimate of drug-likeness (QED) is 0.528. The Morgan fingerprint density at radius 1 is 1.25 bits per heavy atom. The van der Waals surface area contributed by atoms with E-state index >= 15 is 0 Å². The molecule has 1 aromatic carbocycles. The number of hydrogen-bond acceptors (Lipinski definition) is 5. The van der Waals surface area contributed by atoms with Crippen LogP contribution < -0.4 is 10.0 Å². The Bertz CT molecular complexity index is 878. The summed E-state index contributed by atoms with van der Waals surface area (Å²) in [6, 6.07) is 4.97. The van der Waals surface area contributed by atoms with E-state index in [2.05, 4.69) is 10.0 Å². The second-order valence-electron chi connectivity index (χ2n) is 9.00. The van der Waals surface area contributed by atoms with Gasteiger partial charge in [-0.2, -0.15) is 0 Å². The minimum absolute atomic E-state index is 0.0101. The molecule has 32 heavy (non-hydrogen) atoms. The summed E-state index contributed by atoms with van der Waals surface area (Å²) in [5, 5.41) is 3.36. The molecule has 10 heteroatoms. The SMILES string of the molecule is CCC[C@H](C(=O)NC(C)(C)C)N(C[C@@H]1CCCO1)C(=O)CNS(=O)(=O)c1ccc(Cl)cc1. The first kappa shape index (κ1) is 26.6. The van der Waals surface area contributed by atoms with E-state index in [1.807, 2.05) is 27.7 Å². The summed E-state index contributed by atoms with van der Waals surface area (Å²) in [5.41, 5.74) is -0.460. The Labute approximate surface area is 196 Å². The van der Waals surface area contributed by atoms with Gasteiger partial charge in [-0.1, -0.05) is 24.9 Å². The zero-order chi connectivity index (χ0) is 23.9. The molecule has 1 aromatic rings. The average molecular weight is 488 g/mol. The highest BCUT2D eigenvalue weighted by molar-refractivity contribution is 7.89. The number of nitrogens with zero attached hydrogens (tertiary/aromatic N) is 1. The maximum absolute atomic E-state index is 13.2. The molecule has 2 amide bonds. The van der Waals surface area contributed by atoms with Gasteiger partial charge >= 0.3 is 0 Å². The Morgan fingerprint density at radius 2 is 1.91 bits per heavy atom. The van der Waals surface area contributed by atoms with Gasteiger partial charge in [-0.25, -0.2) is 13.1 Å². The van der Waals surface area contributed by atoms with E-state index in [1.165, 1.54) is 29.2 Å². The second kappa shape index (κ2) is 11.4. The summed E-state index contributed by atoms with van der Waals surface area (Å²) in [6.45, 7) is 7.96. The molecule has 0 bridgehead atoms. The van der Waals surface area contributed by atoms with Gasteiger partial charge in [0.25, 0.3) is 0 Å². The molecule has 1 aliphatic heterocycles. The van der Waals surface area contributed by atoms with Gasteiger partial charge < -0.3 is 15.0 Å². The van der Waals surface area contributed by atoms with Gasteiger partial charge in [0.05, 0.1) is 17.5 Å². The van der Waals surface area contributed by atoms with Crippen molar-refractivity contribution in [1.82, 2.24) is 14.9 Å². The van der Waals surface area contributed by atoms with Crippen LogP contribution in [0.15, 0.2) is 29.2 Å². The van der Waals surface area contributed by atoms with E-state index in [0.717, 1.165) is 12.8 Å². The van der Waals surface area contributed by atoms with Gasteiger partial charge in [0.2, 0.25) is 21.8 Å². The lowest BCUT2D eigenvalue weighted by atomic mass is 10.0. The van der Waals surface area contributed by atoms with Crippen LogP contribution in [-0.2, 0) is 24.3 Å². The van der Waals surface area contributed by atoms with Gasteiger partial charge in [-0.05, 0) is 64.3 Å². The molecule has 0 radical (unpaired) electrons. The third-order valence-corrected chi connectivity index (χ3v) is 6.69. The highest BCUT2D eigenvalue weighted by Gasteiger charge is 2.34. The molecule has 180 valence electrons. The topological polar surface area (TPSA) is 105 Å². The van der Waals surface area contributed by atoms with Crippen LogP contribution in [0.2, 0.25) is 5.02 Å². The number of nitrogens with one attached hydrogen (secondary N) is 2. The maximum Gasteiger partial charge on any atom is 0.243 e. The van der Waals surface area contributed by atoms with E-state index in [1.54, 1.807) is 0 Å². The molecular weight excluding hydrogens is 454 g/mol. The van der Waals surface area contributed by atoms with E-state index < -0.39 is 34.1 Å². The van der Waals surface area contributed by atoms with Crippen molar-refractivity contribution in [3.8, 4) is 0 Å². The van der Waals surface area contributed by atoms with Crippen LogP contribution in [0, 0.1) is 0 Å². The van der Waals surface area contributed by atoms with E-state index in [4.69, 9.17) is 16.3 Å². The molecule has 1 heterocycles. The van der Waals surface area contributed by atoms with E-state index in [0.29, 0.717) is 24.5 Å². The Hall–Kier alpha value is -1.68. The largest absolute Gasteiger partial charge is 0.376 e. The third kappa shape index (κ3) is 8.03. The zero-order valence-corrected chi connectivity index (χ0v) is 20.8. The number of ether oxygens (including phenoxy) is 1. The molecule has 0 saturated carbocycles. The number of benzene rings is 1. The Balaban J connectivity index is 2.20. The highest BCUT2D eigenvalue weighted by Crippen LogP contribution is 2.18. The molecule has 2 rings (SSSR count). The number of carbonyl (C=O) groups is 2. The molecule has 0 unspecified atom stereocenters. The number of hydrogen-bond donors (Lipinski definition) is 2. The van der Waals surface area contributed by atoms with Crippen LogP contribution in [0.25, 0.3) is 0 Å². The average Bonchev–Trinajstić information content (AvgIpc) is 3.21. The standard InChI is InChI=1S/C22H34ClN3O5S/c1-5-7-19(21(28)25-22(2,3)4)26(15-17-8-6-13-31-17)20(27)14-24-32(29,30)18-11-9-16(23)10-12-18/h9-12,17,19,24H,5-8,13-15H2,1-4H3,(H,25,28)/t17-,19+/m0/s1. The summed E-state index contributed by atoms with van der Waals surface area (Å²) in [5.74, 6) is -0.730. The summed E-state index contributed by atoms with van der Waals surface area (Å²) < 4.78 is 33.2. The predicted octanol–water partition coefficient (Wildman–Crippen LogP) is 2.71. The molecule has 2 atom stereocenters. The maximum atomic E-state index is 13.2. The van der Waals surface area contributed by atoms with Gasteiger partial charge in [0.15, 0.2) is 0 Å². The summed E-state index contributed by atoms with van der Waals surface area (Å²) in [6.07, 6.45) is 2.66. The molecule has 2 N–H and O–H groups in total. The first-order valence-electron chi connectivity index (χ1n) is 10.9. The fourth-order valence-corrected chi connectivity index (χ4v) is 4.62. The number of sulfonamides is 1. The normalized spacial score (nSPS) is 17.7. The van der Waals surface area contributed by atoms with Crippen LogP contribution in [0.5, 0.6) is 0 Å². The third-order valence-electron chi connectivity index (χ3n) is 5.02. The molecule has 1 fully saturated rings. The lowest BCUT2D eigenvalue weighted by Crippen LogP contribution is -2.56. The summed E-state index contributed by atoms with van der Waals surface area (Å²) in [7, 11) is -3.91. The Kier molecular flexibility index (Phi) is 9.51. The summed E-state index contributed by atoms with van der Waals surface area (Å²) >= 11 is 5.83. The number of halogens is 1. The fourth-order valence-electron chi connectivity index (χ4n) is 3.52. The lowest BCUT2D eigenvalue weighted by Gasteiger charge is -2.34. The fraction of sp³-hybridized carbons (Fsp3) is 0.636. The van der Waals surface area contributed by atoms with E-state index in [-0.39, 0.29) is 23.5 Å². The van der Waals surface area contributed by atoms with Crippen molar-refractivity contribution in [1.29, 1.82) is 0 Å². The molecule has 0 aromatic heterocycles. The predicted molar refractivity (Wildman–Crippen MR) is 124 cm³/mol. The Morgan fingerprint density at radius 3 is 2.44 bits per heavy atom. The number of amides is 2. The van der Waals surface area contributed by atoms with Crippen LogP contribution in [0.4, 0.5) is 0 Å². The minimum atomic E-state index is -3.91. The van der Waals surface area contributed by atoms with Crippen molar-refractivity contribution in [2.75, 3.05) is 19.7 Å². The van der Waals surface area contributed by atoms with Crippen LogP contribution in [0.3, 0.4) is 0 Å². The number of rotatable bonds is 10. The van der Waals surface area contributed by atoms with Crippen molar-refractivity contribution in [3.63, 3.8) is 0 Å². The first-order chi connectivity index (χ1) is 14.9. The smallest absolute Gasteiger partial charge is 0.243 e. The molecule has 1 saturated heterocycles. The molecule has 0 spiro atoms. The van der Waals surface area contributed by atoms with Crippen molar-refractivity contribution < 1.29 is 22.7 Å². The lowest BCUT2D eigenvalue weighted by molar-refractivity contribution is -0.142. The van der Waals surface area contributed by atoms with Crippen molar-refractivity contribution in [3.05, 3.63) is 29.3 Å². The van der Waals surface area contributed by atoms with E-state index in [9.17, 15) is 18.0 Å². The number of carbonyl (C=O) groups excluding carboxylic acids is 2. The van der Waals surface area contributed by atoms with Crippen LogP contribution >= 0.6 is 11.6 Å². The molecular formula is C22H34ClN3O5S. The van der Waals surface area contributed by atoms with Gasteiger partial charge in [0.1, 0.15) is 6.04 Å². The first-order valence-corrected chi connectivity index (χ1v) is 12.8. The molecule has 8 nitrogen and oxygen atoms in total. The van der Waals surface area contributed by atoms with Gasteiger partial charge in [0, 0.05) is 23.7 Å². The minimum Gasteiger partial charge on any atom is -0.376 e. The van der Waals surface area contributed by atoms with Crippen molar-refractivity contribution in [2.24, 2.45) is 0 Å². The van der Waals surface area contributed by atoms with Crippen molar-refractivity contribution >= 4 is 33.4 Å². The molecule has 1 aliphatic rings. The molecule has 0 aliphatic carbocycles. The monoisotopic (exact) mass is 487 g/mol.